The minimum Gasteiger partial charge on any atom is -0.399 e. The average molecular weight is 258 g/mol. The van der Waals surface area contributed by atoms with Crippen molar-refractivity contribution in [1.82, 2.24) is 9.97 Å². The first kappa shape index (κ1) is 12.2. The van der Waals surface area contributed by atoms with Gasteiger partial charge in [0.25, 0.3) is 0 Å². The molecule has 4 N–H and O–H groups in total. The predicted octanol–water partition coefficient (Wildman–Crippen LogP) is 1.78. The van der Waals surface area contributed by atoms with Gasteiger partial charge in [-0.2, -0.15) is 0 Å². The summed E-state index contributed by atoms with van der Waals surface area (Å²) in [6.07, 6.45) is 2.02. The number of nitrogens with one attached hydrogen (secondary N) is 1. The monoisotopic (exact) mass is 258 g/mol. The Kier molecular flexibility index (Phi) is 2.60. The normalized spacial score (nSPS) is 25.0. The Labute approximate surface area is 111 Å². The van der Waals surface area contributed by atoms with Crippen molar-refractivity contribution in [2.24, 2.45) is 5.41 Å². The van der Waals surface area contributed by atoms with Crippen LogP contribution in [0.3, 0.4) is 0 Å². The molecule has 1 saturated carbocycles. The van der Waals surface area contributed by atoms with Gasteiger partial charge in [0, 0.05) is 22.5 Å². The van der Waals surface area contributed by atoms with E-state index in [0.29, 0.717) is 5.69 Å². The van der Waals surface area contributed by atoms with Gasteiger partial charge in [-0.15, -0.1) is 0 Å². The van der Waals surface area contributed by atoms with Crippen molar-refractivity contribution < 1.29 is 5.11 Å². The highest BCUT2D eigenvalue weighted by atomic mass is 16.3. The zero-order valence-corrected chi connectivity index (χ0v) is 11.1. The highest BCUT2D eigenvalue weighted by Crippen LogP contribution is 2.42. The lowest BCUT2D eigenvalue weighted by atomic mass is 9.64. The molecule has 0 amide bonds. The Hall–Kier alpha value is -1.88. The first-order valence-electron chi connectivity index (χ1n) is 6.43. The van der Waals surface area contributed by atoms with E-state index in [9.17, 15) is 5.11 Å². The topological polar surface area (TPSA) is 84.1 Å². The maximum absolute atomic E-state index is 9.79. The second-order valence-electron chi connectivity index (χ2n) is 5.77. The first-order valence-corrected chi connectivity index (χ1v) is 6.43. The standard InChI is InChI=1S/C14H18N4O/c1-14(2)11(6-12(14)19)18-13-9-5-8(15)3-4-10(9)16-7-17-13/h3-5,7,11-12,19H,6,15H2,1-2H3,(H,16,17,18). The number of aromatic nitrogens is 2. The number of rotatable bonds is 2. The molecule has 1 heterocycles. The van der Waals surface area contributed by atoms with Crippen LogP contribution in [-0.4, -0.2) is 27.2 Å². The van der Waals surface area contributed by atoms with E-state index in [1.807, 2.05) is 18.2 Å². The lowest BCUT2D eigenvalue weighted by molar-refractivity contribution is -0.0511. The molecule has 0 radical (unpaired) electrons. The number of aliphatic hydroxyl groups is 1. The Morgan fingerprint density at radius 1 is 1.37 bits per heavy atom. The van der Waals surface area contributed by atoms with Crippen molar-refractivity contribution in [1.29, 1.82) is 0 Å². The van der Waals surface area contributed by atoms with Gasteiger partial charge in [0.1, 0.15) is 12.1 Å². The summed E-state index contributed by atoms with van der Waals surface area (Å²) in [6, 6.07) is 5.80. The maximum Gasteiger partial charge on any atom is 0.137 e. The molecule has 0 saturated heterocycles. The fourth-order valence-electron chi connectivity index (χ4n) is 2.50. The summed E-state index contributed by atoms with van der Waals surface area (Å²) in [5, 5.41) is 14.1. The summed E-state index contributed by atoms with van der Waals surface area (Å²) in [5.41, 5.74) is 7.24. The lowest BCUT2D eigenvalue weighted by Crippen LogP contribution is -2.57. The Morgan fingerprint density at radius 2 is 2.16 bits per heavy atom. The minimum atomic E-state index is -0.261. The SMILES string of the molecule is CC1(C)C(O)CC1Nc1ncnc2ccc(N)cc12. The van der Waals surface area contributed by atoms with Crippen molar-refractivity contribution in [2.45, 2.75) is 32.4 Å². The third kappa shape index (κ3) is 1.90. The lowest BCUT2D eigenvalue weighted by Gasteiger charge is -2.49. The first-order chi connectivity index (χ1) is 8.98. The minimum absolute atomic E-state index is 0.141. The molecule has 2 unspecified atom stereocenters. The quantitative estimate of drug-likeness (QED) is 0.715. The molecule has 19 heavy (non-hydrogen) atoms. The van der Waals surface area contributed by atoms with E-state index in [1.165, 1.54) is 0 Å². The summed E-state index contributed by atoms with van der Waals surface area (Å²) in [6.45, 7) is 4.10. The van der Waals surface area contributed by atoms with E-state index in [-0.39, 0.29) is 17.6 Å². The Bertz CT molecular complexity index is 626. The van der Waals surface area contributed by atoms with E-state index < -0.39 is 0 Å². The molecule has 5 heteroatoms. The molecule has 1 aliphatic rings. The number of nitrogen functional groups attached to an aromatic ring is 1. The van der Waals surface area contributed by atoms with Crippen LogP contribution in [0.4, 0.5) is 11.5 Å². The molecule has 1 aromatic heterocycles. The van der Waals surface area contributed by atoms with E-state index in [4.69, 9.17) is 5.73 Å². The van der Waals surface area contributed by atoms with Gasteiger partial charge in [-0.1, -0.05) is 13.8 Å². The third-order valence-electron chi connectivity index (χ3n) is 4.19. The zero-order valence-electron chi connectivity index (χ0n) is 11.1. The number of nitrogens with two attached hydrogens (primary N) is 1. The van der Waals surface area contributed by atoms with E-state index in [2.05, 4.69) is 29.1 Å². The molecule has 100 valence electrons. The largest absolute Gasteiger partial charge is 0.399 e. The maximum atomic E-state index is 9.79. The van der Waals surface area contributed by atoms with Crippen molar-refractivity contribution in [3.8, 4) is 0 Å². The van der Waals surface area contributed by atoms with Crippen molar-refractivity contribution >= 4 is 22.4 Å². The van der Waals surface area contributed by atoms with Gasteiger partial charge >= 0.3 is 0 Å². The number of nitrogens with zero attached hydrogens (tertiary/aromatic N) is 2. The smallest absolute Gasteiger partial charge is 0.137 e. The molecule has 1 aliphatic carbocycles. The molecule has 0 spiro atoms. The van der Waals surface area contributed by atoms with Crippen LogP contribution in [0.1, 0.15) is 20.3 Å². The molecule has 0 aliphatic heterocycles. The van der Waals surface area contributed by atoms with Gasteiger partial charge < -0.3 is 16.2 Å². The van der Waals surface area contributed by atoms with Crippen LogP contribution in [0.15, 0.2) is 24.5 Å². The van der Waals surface area contributed by atoms with Gasteiger partial charge in [-0.25, -0.2) is 9.97 Å². The van der Waals surface area contributed by atoms with Crippen LogP contribution in [0, 0.1) is 5.41 Å². The summed E-state index contributed by atoms with van der Waals surface area (Å²) in [5.74, 6) is 0.780. The van der Waals surface area contributed by atoms with Crippen LogP contribution in [0.2, 0.25) is 0 Å². The molecule has 0 bridgehead atoms. The van der Waals surface area contributed by atoms with Gasteiger partial charge in [0.15, 0.2) is 0 Å². The molecule has 1 aromatic carbocycles. The highest BCUT2D eigenvalue weighted by molar-refractivity contribution is 5.91. The van der Waals surface area contributed by atoms with E-state index in [1.54, 1.807) is 6.33 Å². The average Bonchev–Trinajstić information content (AvgIpc) is 2.39. The summed E-state index contributed by atoms with van der Waals surface area (Å²) in [7, 11) is 0. The number of hydrogen-bond acceptors (Lipinski definition) is 5. The Morgan fingerprint density at radius 3 is 2.84 bits per heavy atom. The van der Waals surface area contributed by atoms with Crippen molar-refractivity contribution in [2.75, 3.05) is 11.1 Å². The number of anilines is 2. The second-order valence-corrected chi connectivity index (χ2v) is 5.77. The number of fused-ring (bicyclic) bond motifs is 1. The summed E-state index contributed by atoms with van der Waals surface area (Å²) in [4.78, 5) is 8.53. The van der Waals surface area contributed by atoms with E-state index in [0.717, 1.165) is 23.1 Å². The van der Waals surface area contributed by atoms with Gasteiger partial charge in [0.2, 0.25) is 0 Å². The van der Waals surface area contributed by atoms with Crippen molar-refractivity contribution in [3.63, 3.8) is 0 Å². The Balaban J connectivity index is 1.95. The van der Waals surface area contributed by atoms with Gasteiger partial charge in [-0.3, -0.25) is 0 Å². The third-order valence-corrected chi connectivity index (χ3v) is 4.19. The van der Waals surface area contributed by atoms with Crippen LogP contribution in [0.5, 0.6) is 0 Å². The number of benzene rings is 1. The molecular weight excluding hydrogens is 240 g/mol. The van der Waals surface area contributed by atoms with Crippen LogP contribution in [0.25, 0.3) is 10.9 Å². The van der Waals surface area contributed by atoms with Crippen LogP contribution < -0.4 is 11.1 Å². The molecular formula is C14H18N4O. The van der Waals surface area contributed by atoms with E-state index >= 15 is 0 Å². The van der Waals surface area contributed by atoms with Gasteiger partial charge in [0.05, 0.1) is 11.6 Å². The molecule has 2 atom stereocenters. The fourth-order valence-corrected chi connectivity index (χ4v) is 2.50. The van der Waals surface area contributed by atoms with Crippen LogP contribution >= 0.6 is 0 Å². The zero-order chi connectivity index (χ0) is 13.6. The number of hydrogen-bond donors (Lipinski definition) is 3. The molecule has 5 nitrogen and oxygen atoms in total. The second kappa shape index (κ2) is 4.06. The number of aliphatic hydroxyl groups excluding tert-OH is 1. The molecule has 3 rings (SSSR count). The fraction of sp³-hybridized carbons (Fsp3) is 0.429. The van der Waals surface area contributed by atoms with Gasteiger partial charge in [-0.05, 0) is 24.6 Å². The van der Waals surface area contributed by atoms with Crippen LogP contribution in [-0.2, 0) is 0 Å². The summed E-state index contributed by atoms with van der Waals surface area (Å²) >= 11 is 0. The van der Waals surface area contributed by atoms with Crippen molar-refractivity contribution in [3.05, 3.63) is 24.5 Å². The molecule has 1 fully saturated rings. The summed E-state index contributed by atoms with van der Waals surface area (Å²) < 4.78 is 0. The molecule has 2 aromatic rings. The highest BCUT2D eigenvalue weighted by Gasteiger charge is 2.47. The predicted molar refractivity (Wildman–Crippen MR) is 75.8 cm³/mol.